The number of nitrogens with one attached hydrogen (secondary N) is 1. The van der Waals surface area contributed by atoms with Crippen molar-refractivity contribution in [1.82, 2.24) is 10.2 Å². The second-order valence-corrected chi connectivity index (χ2v) is 6.63. The van der Waals surface area contributed by atoms with E-state index >= 15 is 0 Å². The van der Waals surface area contributed by atoms with Crippen LogP contribution >= 0.6 is 0 Å². The molecular weight excluding hydrogens is 280 g/mol. The molecule has 1 fully saturated rings. The molecule has 1 aliphatic rings. The average Bonchev–Trinajstić information content (AvgIpc) is 2.96. The lowest BCUT2D eigenvalue weighted by molar-refractivity contribution is -0.134. The highest BCUT2D eigenvalue weighted by molar-refractivity contribution is 5.93. The molecule has 1 aliphatic carbocycles. The number of hydrogen-bond donors (Lipinski definition) is 1. The van der Waals surface area contributed by atoms with E-state index in [0.29, 0.717) is 12.2 Å². The van der Waals surface area contributed by atoms with E-state index in [9.17, 15) is 9.59 Å². The highest BCUT2D eigenvalue weighted by Gasteiger charge is 2.30. The van der Waals surface area contributed by atoms with Gasteiger partial charge in [-0.15, -0.1) is 0 Å². The van der Waals surface area contributed by atoms with Crippen LogP contribution in [0.3, 0.4) is 0 Å². The molecule has 5 heteroatoms. The van der Waals surface area contributed by atoms with Crippen LogP contribution in [-0.4, -0.2) is 36.9 Å². The van der Waals surface area contributed by atoms with Crippen LogP contribution < -0.4 is 5.32 Å². The van der Waals surface area contributed by atoms with E-state index < -0.39 is 0 Å². The summed E-state index contributed by atoms with van der Waals surface area (Å²) in [6.45, 7) is 4.07. The number of carbonyl (C=O) groups excluding carboxylic acids is 2. The Morgan fingerprint density at radius 3 is 2.68 bits per heavy atom. The van der Waals surface area contributed by atoms with E-state index in [0.717, 1.165) is 24.8 Å². The van der Waals surface area contributed by atoms with Gasteiger partial charge in [-0.2, -0.15) is 0 Å². The molecule has 1 aromatic heterocycles. The topological polar surface area (TPSA) is 62.6 Å². The first kappa shape index (κ1) is 16.6. The van der Waals surface area contributed by atoms with Crippen molar-refractivity contribution in [3.63, 3.8) is 0 Å². The molecule has 122 valence electrons. The molecular formula is C17H26N2O3. The van der Waals surface area contributed by atoms with Gasteiger partial charge in [0.2, 0.25) is 5.91 Å². The Bertz CT molecular complexity index is 534. The molecule has 0 aliphatic heterocycles. The fourth-order valence-corrected chi connectivity index (χ4v) is 3.12. The number of amides is 2. The lowest BCUT2D eigenvalue weighted by Crippen LogP contribution is -2.42. The number of rotatable bonds is 4. The number of carbonyl (C=O) groups is 2. The number of hydrogen-bond acceptors (Lipinski definition) is 3. The molecule has 2 amide bonds. The van der Waals surface area contributed by atoms with Gasteiger partial charge in [-0.3, -0.25) is 9.59 Å². The summed E-state index contributed by atoms with van der Waals surface area (Å²) < 4.78 is 5.35. The summed E-state index contributed by atoms with van der Waals surface area (Å²) in [5.74, 6) is 0.636. The van der Waals surface area contributed by atoms with Gasteiger partial charge in [0.1, 0.15) is 0 Å². The van der Waals surface area contributed by atoms with E-state index in [1.807, 2.05) is 19.9 Å². The first-order valence-electron chi connectivity index (χ1n) is 7.99. The molecule has 0 spiro atoms. The maximum atomic E-state index is 12.4. The Morgan fingerprint density at radius 2 is 2.05 bits per heavy atom. The molecule has 1 N–H and O–H groups in total. The summed E-state index contributed by atoms with van der Waals surface area (Å²) in [5, 5.41) is 3.04. The number of nitrogens with zero attached hydrogens (tertiary/aromatic N) is 1. The predicted octanol–water partition coefficient (Wildman–Crippen LogP) is 2.78. The van der Waals surface area contributed by atoms with E-state index in [2.05, 4.69) is 5.32 Å². The minimum Gasteiger partial charge on any atom is -0.459 e. The van der Waals surface area contributed by atoms with Crippen LogP contribution in [0.5, 0.6) is 0 Å². The van der Waals surface area contributed by atoms with Crippen LogP contribution in [0, 0.1) is 5.92 Å². The van der Waals surface area contributed by atoms with Gasteiger partial charge in [0.05, 0.1) is 6.26 Å². The highest BCUT2D eigenvalue weighted by atomic mass is 16.3. The minimum atomic E-state index is -0.170. The molecule has 1 saturated carbocycles. The third-order valence-corrected chi connectivity index (χ3v) is 4.32. The molecule has 0 unspecified atom stereocenters. The summed E-state index contributed by atoms with van der Waals surface area (Å²) in [7, 11) is 3.56. The van der Waals surface area contributed by atoms with Crippen molar-refractivity contribution in [2.75, 3.05) is 14.1 Å². The lowest BCUT2D eigenvalue weighted by Gasteiger charge is -2.30. The summed E-state index contributed by atoms with van der Waals surface area (Å²) in [6, 6.07) is 1.89. The van der Waals surface area contributed by atoms with Crippen molar-refractivity contribution in [3.8, 4) is 0 Å². The average molecular weight is 306 g/mol. The zero-order chi connectivity index (χ0) is 16.3. The van der Waals surface area contributed by atoms with Gasteiger partial charge in [-0.25, -0.2) is 0 Å². The molecule has 1 heterocycles. The largest absolute Gasteiger partial charge is 0.459 e. The Labute approximate surface area is 132 Å². The van der Waals surface area contributed by atoms with Crippen LogP contribution in [0.1, 0.15) is 61.6 Å². The number of furan rings is 1. The van der Waals surface area contributed by atoms with E-state index in [4.69, 9.17) is 4.42 Å². The molecule has 0 saturated heterocycles. The van der Waals surface area contributed by atoms with Crippen LogP contribution in [0.2, 0.25) is 0 Å². The lowest BCUT2D eigenvalue weighted by atomic mass is 9.84. The Kier molecular flexibility index (Phi) is 5.27. The van der Waals surface area contributed by atoms with E-state index in [-0.39, 0.29) is 29.7 Å². The summed E-state index contributed by atoms with van der Waals surface area (Å²) in [4.78, 5) is 26.1. The Hall–Kier alpha value is -1.78. The summed E-state index contributed by atoms with van der Waals surface area (Å²) >= 11 is 0. The van der Waals surface area contributed by atoms with Crippen molar-refractivity contribution in [3.05, 3.63) is 23.7 Å². The first-order chi connectivity index (χ1) is 10.4. The molecule has 1 aromatic rings. The summed E-state index contributed by atoms with van der Waals surface area (Å²) in [5.41, 5.74) is 0.925. The molecule has 2 rings (SSSR count). The van der Waals surface area contributed by atoms with Gasteiger partial charge in [0.15, 0.2) is 5.76 Å². The van der Waals surface area contributed by atoms with Crippen molar-refractivity contribution in [2.45, 2.75) is 51.5 Å². The van der Waals surface area contributed by atoms with Gasteiger partial charge < -0.3 is 14.6 Å². The third kappa shape index (κ3) is 3.70. The second kappa shape index (κ2) is 6.99. The van der Waals surface area contributed by atoms with Gasteiger partial charge in [0, 0.05) is 31.6 Å². The maximum Gasteiger partial charge on any atom is 0.287 e. The van der Waals surface area contributed by atoms with Crippen LogP contribution in [-0.2, 0) is 4.79 Å². The van der Waals surface area contributed by atoms with Crippen LogP contribution in [0.4, 0.5) is 0 Å². The van der Waals surface area contributed by atoms with Crippen molar-refractivity contribution >= 4 is 11.8 Å². The molecule has 0 aromatic carbocycles. The van der Waals surface area contributed by atoms with Gasteiger partial charge in [-0.05, 0) is 31.2 Å². The smallest absolute Gasteiger partial charge is 0.287 e. The Balaban J connectivity index is 1.99. The molecule has 0 radical (unpaired) electrons. The maximum absolute atomic E-state index is 12.4. The van der Waals surface area contributed by atoms with E-state index in [1.165, 1.54) is 0 Å². The summed E-state index contributed by atoms with van der Waals surface area (Å²) in [6.07, 6.45) is 5.05. The molecule has 5 nitrogen and oxygen atoms in total. The van der Waals surface area contributed by atoms with Crippen molar-refractivity contribution in [2.24, 2.45) is 5.92 Å². The van der Waals surface area contributed by atoms with Crippen molar-refractivity contribution < 1.29 is 14.0 Å². The molecule has 22 heavy (non-hydrogen) atoms. The third-order valence-electron chi connectivity index (χ3n) is 4.32. The van der Waals surface area contributed by atoms with Crippen LogP contribution in [0.15, 0.2) is 16.7 Å². The van der Waals surface area contributed by atoms with E-state index in [1.54, 1.807) is 25.3 Å². The zero-order valence-electron chi connectivity index (χ0n) is 13.9. The zero-order valence-corrected chi connectivity index (χ0v) is 13.9. The molecule has 0 bridgehead atoms. The van der Waals surface area contributed by atoms with Gasteiger partial charge in [0.25, 0.3) is 5.91 Å². The first-order valence-corrected chi connectivity index (χ1v) is 7.99. The second-order valence-electron chi connectivity index (χ2n) is 6.63. The normalized spacial score (nSPS) is 21.7. The monoisotopic (exact) mass is 306 g/mol. The van der Waals surface area contributed by atoms with Gasteiger partial charge >= 0.3 is 0 Å². The van der Waals surface area contributed by atoms with Gasteiger partial charge in [-0.1, -0.05) is 20.3 Å². The molecule has 2 atom stereocenters. The highest BCUT2D eigenvalue weighted by Crippen LogP contribution is 2.26. The quantitative estimate of drug-likeness (QED) is 0.930. The fourth-order valence-electron chi connectivity index (χ4n) is 3.12. The van der Waals surface area contributed by atoms with Crippen LogP contribution in [0.25, 0.3) is 0 Å². The Morgan fingerprint density at radius 1 is 1.32 bits per heavy atom. The fraction of sp³-hybridized carbons (Fsp3) is 0.647. The standard InChI is InChI=1S/C17H26N2O3/c1-11(2)14-8-9-22-15(14)16(20)18-13-7-5-6-12(10-13)17(21)19(3)4/h8-9,11-13H,5-7,10H2,1-4H3,(H,18,20)/t12-,13-/m1/s1. The van der Waals surface area contributed by atoms with Crippen molar-refractivity contribution in [1.29, 1.82) is 0 Å². The SMILES string of the molecule is CC(C)c1ccoc1C(=O)N[C@@H]1CCC[C@@H](C(=O)N(C)C)C1. The minimum absolute atomic E-state index is 0.00946. The predicted molar refractivity (Wildman–Crippen MR) is 84.7 cm³/mol.